The summed E-state index contributed by atoms with van der Waals surface area (Å²) in [7, 11) is -0.912. The lowest BCUT2D eigenvalue weighted by atomic mass is 10.2. The number of likely N-dealkylation sites (N-methyl/N-ethyl adjacent to an activating group) is 2. The predicted octanol–water partition coefficient (Wildman–Crippen LogP) is -1.06. The summed E-state index contributed by atoms with van der Waals surface area (Å²) >= 11 is 0. The summed E-state index contributed by atoms with van der Waals surface area (Å²) in [5.41, 5.74) is 0. The maximum Gasteiger partial charge on any atom is 0.236 e. The van der Waals surface area contributed by atoms with E-state index in [9.17, 15) is 13.2 Å². The number of nitrogens with one attached hydrogen (secondary N) is 1. The van der Waals surface area contributed by atoms with Gasteiger partial charge in [-0.1, -0.05) is 0 Å². The van der Waals surface area contributed by atoms with Gasteiger partial charge in [0.15, 0.2) is 9.84 Å². The quantitative estimate of drug-likeness (QED) is 0.668. The van der Waals surface area contributed by atoms with Gasteiger partial charge in [0, 0.05) is 32.2 Å². The molecule has 0 aromatic heterocycles. The van der Waals surface area contributed by atoms with Gasteiger partial charge >= 0.3 is 0 Å². The van der Waals surface area contributed by atoms with Crippen LogP contribution in [0.25, 0.3) is 0 Å². The standard InChI is InChI=1S/C14H27N3O4S/c1-3-17(12-4-7-22(19,20)11-12)14(18)9-15-8-13-10-16(2)5-6-21-13/h12-13,15H,3-11H2,1-2H3/t12-,13-/m0/s1. The number of nitrogens with zero attached hydrogens (tertiary/aromatic N) is 2. The number of rotatable bonds is 6. The first-order chi connectivity index (χ1) is 10.4. The van der Waals surface area contributed by atoms with Crippen LogP contribution < -0.4 is 5.32 Å². The van der Waals surface area contributed by atoms with Gasteiger partial charge in [-0.2, -0.15) is 0 Å². The van der Waals surface area contributed by atoms with Gasteiger partial charge in [0.1, 0.15) is 0 Å². The second kappa shape index (κ2) is 7.72. The SMILES string of the molecule is CCN(C(=O)CNC[C@H]1CN(C)CCO1)[C@H]1CCS(=O)(=O)C1. The van der Waals surface area contributed by atoms with Crippen molar-refractivity contribution < 1.29 is 17.9 Å². The van der Waals surface area contributed by atoms with Gasteiger partial charge < -0.3 is 19.9 Å². The molecule has 1 amide bonds. The molecule has 0 bridgehead atoms. The highest BCUT2D eigenvalue weighted by Crippen LogP contribution is 2.17. The van der Waals surface area contributed by atoms with E-state index >= 15 is 0 Å². The fourth-order valence-corrected chi connectivity index (χ4v) is 4.82. The molecule has 2 atom stereocenters. The first kappa shape index (κ1) is 17.7. The lowest BCUT2D eigenvalue weighted by Crippen LogP contribution is -2.48. The Bertz CT molecular complexity index is 482. The number of morpholine rings is 1. The molecule has 0 spiro atoms. The topological polar surface area (TPSA) is 79.0 Å². The van der Waals surface area contributed by atoms with Crippen LogP contribution in [-0.4, -0.2) is 94.2 Å². The molecule has 2 heterocycles. The molecule has 2 aliphatic rings. The molecule has 0 aromatic rings. The third-order valence-electron chi connectivity index (χ3n) is 4.30. The minimum Gasteiger partial charge on any atom is -0.374 e. The lowest BCUT2D eigenvalue weighted by molar-refractivity contribution is -0.132. The van der Waals surface area contributed by atoms with Crippen LogP contribution in [0.5, 0.6) is 0 Å². The number of ether oxygens (including phenoxy) is 1. The van der Waals surface area contributed by atoms with Crippen molar-refractivity contribution in [2.45, 2.75) is 25.5 Å². The number of amides is 1. The number of hydrogen-bond acceptors (Lipinski definition) is 6. The van der Waals surface area contributed by atoms with Crippen molar-refractivity contribution in [1.82, 2.24) is 15.1 Å². The minimum atomic E-state index is -2.97. The fourth-order valence-electron chi connectivity index (χ4n) is 3.09. The number of carbonyl (C=O) groups is 1. The summed E-state index contributed by atoms with van der Waals surface area (Å²) in [5.74, 6) is 0.258. The Balaban J connectivity index is 1.75. The highest BCUT2D eigenvalue weighted by molar-refractivity contribution is 7.91. The molecule has 0 unspecified atom stereocenters. The van der Waals surface area contributed by atoms with E-state index in [1.54, 1.807) is 4.90 Å². The molecular weight excluding hydrogens is 306 g/mol. The van der Waals surface area contributed by atoms with Gasteiger partial charge in [-0.3, -0.25) is 4.79 Å². The Hall–Kier alpha value is -0.700. The molecule has 1 N–H and O–H groups in total. The van der Waals surface area contributed by atoms with E-state index in [4.69, 9.17) is 4.74 Å². The zero-order chi connectivity index (χ0) is 16.2. The second-order valence-electron chi connectivity index (χ2n) is 6.12. The molecule has 2 saturated heterocycles. The summed E-state index contributed by atoms with van der Waals surface area (Å²) in [6.07, 6.45) is 0.659. The van der Waals surface area contributed by atoms with Crippen molar-refractivity contribution in [3.05, 3.63) is 0 Å². The molecule has 0 aromatic carbocycles. The van der Waals surface area contributed by atoms with Crippen molar-refractivity contribution in [3.63, 3.8) is 0 Å². The molecule has 7 nitrogen and oxygen atoms in total. The maximum atomic E-state index is 12.3. The normalized spacial score (nSPS) is 28.6. The smallest absolute Gasteiger partial charge is 0.236 e. The molecule has 8 heteroatoms. The fraction of sp³-hybridized carbons (Fsp3) is 0.929. The number of sulfone groups is 1. The Labute approximate surface area is 132 Å². The van der Waals surface area contributed by atoms with Gasteiger partial charge in [-0.15, -0.1) is 0 Å². The third kappa shape index (κ3) is 4.91. The van der Waals surface area contributed by atoms with Crippen LogP contribution in [0.3, 0.4) is 0 Å². The van der Waals surface area contributed by atoms with Gasteiger partial charge in [-0.05, 0) is 20.4 Å². The van der Waals surface area contributed by atoms with Crippen molar-refractivity contribution in [2.24, 2.45) is 0 Å². The zero-order valence-electron chi connectivity index (χ0n) is 13.5. The van der Waals surface area contributed by atoms with E-state index < -0.39 is 9.84 Å². The minimum absolute atomic E-state index is 0.0336. The Morgan fingerprint density at radius 1 is 1.45 bits per heavy atom. The average molecular weight is 333 g/mol. The van der Waals surface area contributed by atoms with Gasteiger partial charge in [0.25, 0.3) is 0 Å². The molecule has 0 radical (unpaired) electrons. The first-order valence-corrected chi connectivity index (χ1v) is 9.74. The highest BCUT2D eigenvalue weighted by Gasteiger charge is 2.33. The van der Waals surface area contributed by atoms with E-state index in [-0.39, 0.29) is 36.1 Å². The predicted molar refractivity (Wildman–Crippen MR) is 84.6 cm³/mol. The summed E-state index contributed by atoms with van der Waals surface area (Å²) < 4.78 is 28.8. The van der Waals surface area contributed by atoms with Crippen molar-refractivity contribution >= 4 is 15.7 Å². The Morgan fingerprint density at radius 2 is 2.23 bits per heavy atom. The van der Waals surface area contributed by atoms with Crippen LogP contribution in [0.1, 0.15) is 13.3 Å². The van der Waals surface area contributed by atoms with E-state index in [1.807, 2.05) is 6.92 Å². The van der Waals surface area contributed by atoms with E-state index in [0.29, 0.717) is 19.5 Å². The van der Waals surface area contributed by atoms with Gasteiger partial charge in [0.2, 0.25) is 5.91 Å². The van der Waals surface area contributed by atoms with Crippen LogP contribution in [-0.2, 0) is 19.4 Å². The van der Waals surface area contributed by atoms with E-state index in [1.165, 1.54) is 0 Å². The molecule has 2 fully saturated rings. The maximum absolute atomic E-state index is 12.3. The monoisotopic (exact) mass is 333 g/mol. The third-order valence-corrected chi connectivity index (χ3v) is 6.05. The van der Waals surface area contributed by atoms with Crippen LogP contribution in [0.2, 0.25) is 0 Å². The largest absolute Gasteiger partial charge is 0.374 e. The van der Waals surface area contributed by atoms with Crippen molar-refractivity contribution in [2.75, 3.05) is 57.9 Å². The second-order valence-corrected chi connectivity index (χ2v) is 8.35. The molecule has 128 valence electrons. The molecule has 0 aliphatic carbocycles. The summed E-state index contributed by atoms with van der Waals surface area (Å²) in [5, 5.41) is 3.14. The van der Waals surface area contributed by atoms with Crippen LogP contribution in [0, 0.1) is 0 Å². The highest BCUT2D eigenvalue weighted by atomic mass is 32.2. The van der Waals surface area contributed by atoms with Crippen molar-refractivity contribution in [1.29, 1.82) is 0 Å². The van der Waals surface area contributed by atoms with Crippen molar-refractivity contribution in [3.8, 4) is 0 Å². The lowest BCUT2D eigenvalue weighted by Gasteiger charge is -2.31. The number of carbonyl (C=O) groups excluding carboxylic acids is 1. The summed E-state index contributed by atoms with van der Waals surface area (Å²) in [6.45, 7) is 5.82. The van der Waals surface area contributed by atoms with E-state index in [0.717, 1.165) is 19.7 Å². The zero-order valence-corrected chi connectivity index (χ0v) is 14.3. The molecule has 2 rings (SSSR count). The molecule has 22 heavy (non-hydrogen) atoms. The van der Waals surface area contributed by atoms with Gasteiger partial charge in [0.05, 0.1) is 30.8 Å². The summed E-state index contributed by atoms with van der Waals surface area (Å²) in [4.78, 5) is 16.2. The van der Waals surface area contributed by atoms with Crippen LogP contribution in [0.15, 0.2) is 0 Å². The average Bonchev–Trinajstić information content (AvgIpc) is 2.80. The molecular formula is C14H27N3O4S. The van der Waals surface area contributed by atoms with Crippen LogP contribution >= 0.6 is 0 Å². The first-order valence-electron chi connectivity index (χ1n) is 7.92. The number of hydrogen-bond donors (Lipinski definition) is 1. The molecule has 0 saturated carbocycles. The Kier molecular flexibility index (Phi) is 6.19. The van der Waals surface area contributed by atoms with Gasteiger partial charge in [-0.25, -0.2) is 8.42 Å². The van der Waals surface area contributed by atoms with E-state index in [2.05, 4.69) is 17.3 Å². The molecule has 2 aliphatic heterocycles. The Morgan fingerprint density at radius 3 is 2.82 bits per heavy atom. The summed E-state index contributed by atoms with van der Waals surface area (Å²) in [6, 6.07) is -0.165. The van der Waals surface area contributed by atoms with Crippen LogP contribution in [0.4, 0.5) is 0 Å².